The van der Waals surface area contributed by atoms with Gasteiger partial charge in [-0.1, -0.05) is 6.42 Å². The van der Waals surface area contributed by atoms with Crippen LogP contribution in [0, 0.1) is 12.8 Å². The maximum Gasteiger partial charge on any atom is 0.137 e. The predicted molar refractivity (Wildman–Crippen MR) is 79.6 cm³/mol. The van der Waals surface area contributed by atoms with E-state index < -0.39 is 0 Å². The largest absolute Gasteiger partial charge is 0.393 e. The summed E-state index contributed by atoms with van der Waals surface area (Å²) >= 11 is 0. The average molecular weight is 273 g/mol. The molecule has 4 heteroatoms. The molecule has 0 aromatic carbocycles. The van der Waals surface area contributed by atoms with Crippen molar-refractivity contribution in [1.29, 1.82) is 0 Å². The van der Waals surface area contributed by atoms with Gasteiger partial charge in [0.2, 0.25) is 0 Å². The second-order valence-corrected chi connectivity index (χ2v) is 6.14. The third kappa shape index (κ3) is 2.72. The van der Waals surface area contributed by atoms with Crippen LogP contribution in [0.4, 0.5) is 0 Å². The lowest BCUT2D eigenvalue weighted by atomic mass is 10.1. The van der Waals surface area contributed by atoms with E-state index in [9.17, 15) is 5.11 Å². The Hall–Kier alpha value is -1.39. The Kier molecular flexibility index (Phi) is 3.76. The van der Waals surface area contributed by atoms with Gasteiger partial charge >= 0.3 is 0 Å². The first-order chi connectivity index (χ1) is 9.63. The molecule has 1 aliphatic rings. The van der Waals surface area contributed by atoms with Crippen molar-refractivity contribution in [2.24, 2.45) is 5.92 Å². The summed E-state index contributed by atoms with van der Waals surface area (Å²) in [6.07, 6.45) is 7.21. The molecule has 0 spiro atoms. The van der Waals surface area contributed by atoms with E-state index in [1.165, 1.54) is 11.3 Å². The molecule has 2 unspecified atom stereocenters. The normalized spacial score (nSPS) is 23.0. The zero-order chi connectivity index (χ0) is 14.1. The molecule has 3 rings (SSSR count). The maximum atomic E-state index is 9.92. The number of fused-ring (bicyclic) bond motifs is 1. The number of aryl methyl sites for hydroxylation is 1. The number of aliphatic hydroxyl groups excluding tert-OH is 1. The number of imidazole rings is 1. The van der Waals surface area contributed by atoms with E-state index in [1.54, 1.807) is 0 Å². The molecule has 1 N–H and O–H groups in total. The van der Waals surface area contributed by atoms with E-state index in [1.807, 2.05) is 6.20 Å². The summed E-state index contributed by atoms with van der Waals surface area (Å²) in [6.45, 7) is 3.91. The van der Waals surface area contributed by atoms with Crippen LogP contribution in [-0.4, -0.2) is 39.1 Å². The molecular formula is C16H23N3O. The van der Waals surface area contributed by atoms with Crippen molar-refractivity contribution in [3.8, 4) is 0 Å². The van der Waals surface area contributed by atoms with Crippen LogP contribution >= 0.6 is 0 Å². The number of nitrogens with zero attached hydrogens (tertiary/aromatic N) is 3. The SMILES string of the molecule is Cc1ccn2c(CN(C)CC3CCCC3O)cnc2c1. The van der Waals surface area contributed by atoms with Crippen LogP contribution in [0.3, 0.4) is 0 Å². The lowest BCUT2D eigenvalue weighted by molar-refractivity contribution is 0.107. The number of rotatable bonds is 4. The fourth-order valence-corrected chi connectivity index (χ4v) is 3.22. The van der Waals surface area contributed by atoms with Gasteiger partial charge in [-0.05, 0) is 50.4 Å². The highest BCUT2D eigenvalue weighted by molar-refractivity contribution is 5.42. The molecule has 108 valence electrons. The van der Waals surface area contributed by atoms with E-state index in [0.717, 1.165) is 38.0 Å². The third-order valence-electron chi connectivity index (χ3n) is 4.34. The van der Waals surface area contributed by atoms with Crippen molar-refractivity contribution in [2.45, 2.75) is 38.8 Å². The van der Waals surface area contributed by atoms with Crippen LogP contribution in [-0.2, 0) is 6.54 Å². The van der Waals surface area contributed by atoms with Crippen molar-refractivity contribution in [2.75, 3.05) is 13.6 Å². The second-order valence-electron chi connectivity index (χ2n) is 6.14. The Labute approximate surface area is 120 Å². The van der Waals surface area contributed by atoms with E-state index in [4.69, 9.17) is 0 Å². The van der Waals surface area contributed by atoms with Crippen molar-refractivity contribution in [3.05, 3.63) is 35.8 Å². The van der Waals surface area contributed by atoms with Gasteiger partial charge in [0.1, 0.15) is 5.65 Å². The summed E-state index contributed by atoms with van der Waals surface area (Å²) < 4.78 is 2.15. The molecule has 2 aromatic rings. The summed E-state index contributed by atoms with van der Waals surface area (Å²) in [4.78, 5) is 6.76. The first-order valence-corrected chi connectivity index (χ1v) is 7.42. The first-order valence-electron chi connectivity index (χ1n) is 7.42. The molecule has 1 aliphatic carbocycles. The number of hydrogen-bond acceptors (Lipinski definition) is 3. The molecule has 2 aromatic heterocycles. The number of hydrogen-bond donors (Lipinski definition) is 1. The second kappa shape index (κ2) is 5.54. The highest BCUT2D eigenvalue weighted by Gasteiger charge is 2.26. The van der Waals surface area contributed by atoms with Crippen LogP contribution < -0.4 is 0 Å². The van der Waals surface area contributed by atoms with Gasteiger partial charge in [0.15, 0.2) is 0 Å². The molecule has 0 saturated heterocycles. The number of aromatic nitrogens is 2. The number of pyridine rings is 1. The highest BCUT2D eigenvalue weighted by Crippen LogP contribution is 2.26. The van der Waals surface area contributed by atoms with Gasteiger partial charge in [-0.15, -0.1) is 0 Å². The smallest absolute Gasteiger partial charge is 0.137 e. The minimum absolute atomic E-state index is 0.109. The summed E-state index contributed by atoms with van der Waals surface area (Å²) in [5.41, 5.74) is 3.45. The topological polar surface area (TPSA) is 40.8 Å². The molecule has 0 amide bonds. The molecule has 2 heterocycles. The quantitative estimate of drug-likeness (QED) is 0.928. The van der Waals surface area contributed by atoms with Gasteiger partial charge < -0.3 is 14.4 Å². The lowest BCUT2D eigenvalue weighted by Crippen LogP contribution is -2.29. The molecule has 0 aliphatic heterocycles. The molecule has 1 fully saturated rings. The zero-order valence-electron chi connectivity index (χ0n) is 12.3. The summed E-state index contributed by atoms with van der Waals surface area (Å²) in [7, 11) is 2.12. The van der Waals surface area contributed by atoms with Gasteiger partial charge in [-0.25, -0.2) is 4.98 Å². The fraction of sp³-hybridized carbons (Fsp3) is 0.562. The van der Waals surface area contributed by atoms with E-state index >= 15 is 0 Å². The van der Waals surface area contributed by atoms with Crippen molar-refractivity contribution in [1.82, 2.24) is 14.3 Å². The maximum absolute atomic E-state index is 9.92. The molecule has 20 heavy (non-hydrogen) atoms. The first kappa shape index (κ1) is 13.6. The van der Waals surface area contributed by atoms with Gasteiger partial charge in [0, 0.05) is 19.3 Å². The van der Waals surface area contributed by atoms with E-state index in [-0.39, 0.29) is 6.10 Å². The molecule has 0 bridgehead atoms. The van der Waals surface area contributed by atoms with Crippen LogP contribution in [0.2, 0.25) is 0 Å². The van der Waals surface area contributed by atoms with Gasteiger partial charge in [-0.2, -0.15) is 0 Å². The Morgan fingerprint density at radius 2 is 2.30 bits per heavy atom. The lowest BCUT2D eigenvalue weighted by Gasteiger charge is -2.22. The van der Waals surface area contributed by atoms with Crippen LogP contribution in [0.15, 0.2) is 24.5 Å². The molecule has 4 nitrogen and oxygen atoms in total. The predicted octanol–water partition coefficient (Wildman–Crippen LogP) is 2.24. The summed E-state index contributed by atoms with van der Waals surface area (Å²) in [5, 5.41) is 9.92. The molecule has 1 saturated carbocycles. The van der Waals surface area contributed by atoms with Crippen molar-refractivity contribution < 1.29 is 5.11 Å². The standard InChI is InChI=1S/C16H23N3O/c1-12-6-7-19-14(9-17-16(19)8-12)11-18(2)10-13-4-3-5-15(13)20/h6-9,13,15,20H,3-5,10-11H2,1-2H3. The van der Waals surface area contributed by atoms with Crippen LogP contribution in [0.5, 0.6) is 0 Å². The molecule has 0 radical (unpaired) electrons. The Bertz CT molecular complexity index is 592. The van der Waals surface area contributed by atoms with Gasteiger partial charge in [0.05, 0.1) is 18.0 Å². The summed E-state index contributed by atoms with van der Waals surface area (Å²) in [6, 6.07) is 4.21. The summed E-state index contributed by atoms with van der Waals surface area (Å²) in [5.74, 6) is 0.432. The molecular weight excluding hydrogens is 250 g/mol. The highest BCUT2D eigenvalue weighted by atomic mass is 16.3. The van der Waals surface area contributed by atoms with Crippen molar-refractivity contribution >= 4 is 5.65 Å². The zero-order valence-corrected chi connectivity index (χ0v) is 12.3. The van der Waals surface area contributed by atoms with Crippen molar-refractivity contribution in [3.63, 3.8) is 0 Å². The Morgan fingerprint density at radius 3 is 3.05 bits per heavy atom. The minimum atomic E-state index is -0.109. The third-order valence-corrected chi connectivity index (χ3v) is 4.34. The van der Waals surface area contributed by atoms with Gasteiger partial charge in [0.25, 0.3) is 0 Å². The van der Waals surface area contributed by atoms with Crippen LogP contribution in [0.25, 0.3) is 5.65 Å². The minimum Gasteiger partial charge on any atom is -0.393 e. The molecule has 2 atom stereocenters. The van der Waals surface area contributed by atoms with E-state index in [0.29, 0.717) is 5.92 Å². The number of aliphatic hydroxyl groups is 1. The van der Waals surface area contributed by atoms with E-state index in [2.05, 4.69) is 46.6 Å². The Morgan fingerprint density at radius 1 is 1.45 bits per heavy atom. The average Bonchev–Trinajstić information content (AvgIpc) is 2.97. The monoisotopic (exact) mass is 273 g/mol. The Balaban J connectivity index is 1.69. The van der Waals surface area contributed by atoms with Gasteiger partial charge in [-0.3, -0.25) is 0 Å². The van der Waals surface area contributed by atoms with Crippen LogP contribution in [0.1, 0.15) is 30.5 Å². The fourth-order valence-electron chi connectivity index (χ4n) is 3.22.